The molecule has 0 radical (unpaired) electrons. The van der Waals surface area contributed by atoms with E-state index in [0.717, 1.165) is 12.0 Å². The molecule has 1 unspecified atom stereocenters. The van der Waals surface area contributed by atoms with E-state index in [1.54, 1.807) is 4.88 Å². The second-order valence-electron chi connectivity index (χ2n) is 5.14. The monoisotopic (exact) mass is 506 g/mol. The number of hydrogen-bond donors (Lipinski definition) is 0. The summed E-state index contributed by atoms with van der Waals surface area (Å²) in [6.07, 6.45) is 6.61. The van der Waals surface area contributed by atoms with Crippen LogP contribution in [0.2, 0.25) is 0 Å². The first-order valence-corrected chi connectivity index (χ1v) is 9.95. The zero-order chi connectivity index (χ0) is 13.0. The molecule has 3 rings (SSSR count). The van der Waals surface area contributed by atoms with Crippen molar-refractivity contribution in [2.75, 3.05) is 18.0 Å². The summed E-state index contributed by atoms with van der Waals surface area (Å²) in [6.45, 7) is 4.91. The molecule has 0 bridgehead atoms. The van der Waals surface area contributed by atoms with E-state index in [1.165, 1.54) is 50.9 Å². The smallest absolute Gasteiger partial charge is 0.0797 e. The highest BCUT2D eigenvalue weighted by atomic mass is 127. The van der Waals surface area contributed by atoms with E-state index in [9.17, 15) is 0 Å². The SMILES string of the molecule is CCCN1CCC[C@H]2Cc3ncsc3CC21.CI.I. The Bertz CT molecular complexity index is 368. The Hall–Kier alpha value is 1.05. The van der Waals surface area contributed by atoms with Gasteiger partial charge in [-0.1, -0.05) is 29.5 Å². The van der Waals surface area contributed by atoms with Crippen LogP contribution in [-0.4, -0.2) is 33.9 Å². The molecule has 1 aromatic rings. The van der Waals surface area contributed by atoms with Gasteiger partial charge in [-0.25, -0.2) is 4.98 Å². The van der Waals surface area contributed by atoms with Crippen LogP contribution in [0.15, 0.2) is 5.51 Å². The van der Waals surface area contributed by atoms with Gasteiger partial charge in [0.2, 0.25) is 0 Å². The summed E-state index contributed by atoms with van der Waals surface area (Å²) in [5, 5.41) is 0. The van der Waals surface area contributed by atoms with Crippen LogP contribution in [0.4, 0.5) is 0 Å². The van der Waals surface area contributed by atoms with Gasteiger partial charge in [-0.05, 0) is 56.0 Å². The number of rotatable bonds is 2. The lowest BCUT2D eigenvalue weighted by atomic mass is 9.79. The Morgan fingerprint density at radius 1 is 1.42 bits per heavy atom. The van der Waals surface area contributed by atoms with Gasteiger partial charge in [0.1, 0.15) is 0 Å². The predicted octanol–water partition coefficient (Wildman–Crippen LogP) is 4.40. The minimum Gasteiger partial charge on any atom is -0.300 e. The molecule has 1 aliphatic carbocycles. The summed E-state index contributed by atoms with van der Waals surface area (Å²) in [6, 6.07) is 0.821. The molecule has 0 saturated carbocycles. The van der Waals surface area contributed by atoms with Gasteiger partial charge in [-0.15, -0.1) is 35.3 Å². The molecule has 5 heteroatoms. The molecular formula is C14H24I2N2S. The number of hydrogen-bond acceptors (Lipinski definition) is 3. The van der Waals surface area contributed by atoms with Crippen LogP contribution in [0.25, 0.3) is 0 Å². The zero-order valence-corrected chi connectivity index (χ0v) is 17.1. The van der Waals surface area contributed by atoms with Gasteiger partial charge in [-0.3, -0.25) is 4.90 Å². The fourth-order valence-electron chi connectivity index (χ4n) is 3.38. The van der Waals surface area contributed by atoms with E-state index in [0.29, 0.717) is 0 Å². The standard InChI is InChI=1S/C13H20N2S.CH3I.HI/c1-2-5-15-6-3-4-10-7-11-13(8-12(10)15)16-9-14-11;1-2;/h9-10,12H,2-8H2,1H3;1H3;1H/t10-,12?;;/m0../s1. The number of aromatic nitrogens is 1. The van der Waals surface area contributed by atoms with Gasteiger partial charge in [0.25, 0.3) is 0 Å². The maximum atomic E-state index is 4.52. The number of halogens is 2. The van der Waals surface area contributed by atoms with Crippen molar-refractivity contribution in [1.29, 1.82) is 0 Å². The Morgan fingerprint density at radius 3 is 2.95 bits per heavy atom. The molecule has 2 aliphatic rings. The van der Waals surface area contributed by atoms with E-state index < -0.39 is 0 Å². The Kier molecular flexibility index (Phi) is 8.71. The number of thiazole rings is 1. The Morgan fingerprint density at radius 2 is 2.21 bits per heavy atom. The van der Waals surface area contributed by atoms with E-state index >= 15 is 0 Å². The number of nitrogens with zero attached hydrogens (tertiary/aromatic N) is 2. The van der Waals surface area contributed by atoms with Crippen LogP contribution < -0.4 is 0 Å². The quantitative estimate of drug-likeness (QED) is 0.437. The Labute approximate surface area is 151 Å². The van der Waals surface area contributed by atoms with Crippen LogP contribution in [0.1, 0.15) is 36.8 Å². The third-order valence-electron chi connectivity index (χ3n) is 4.12. The molecule has 1 saturated heterocycles. The molecule has 1 aliphatic heterocycles. The molecule has 0 aromatic carbocycles. The van der Waals surface area contributed by atoms with Crippen molar-refractivity contribution < 1.29 is 0 Å². The molecule has 110 valence electrons. The highest BCUT2D eigenvalue weighted by Crippen LogP contribution is 2.35. The molecule has 19 heavy (non-hydrogen) atoms. The third-order valence-corrected chi connectivity index (χ3v) is 5.02. The highest BCUT2D eigenvalue weighted by Gasteiger charge is 2.35. The number of likely N-dealkylation sites (tertiary alicyclic amines) is 1. The van der Waals surface area contributed by atoms with Gasteiger partial charge in [0, 0.05) is 10.9 Å². The molecule has 2 nitrogen and oxygen atoms in total. The molecule has 1 fully saturated rings. The second kappa shape index (κ2) is 9.15. The second-order valence-corrected chi connectivity index (χ2v) is 6.08. The molecule has 0 spiro atoms. The van der Waals surface area contributed by atoms with Crippen LogP contribution in [0.5, 0.6) is 0 Å². The number of alkyl halides is 1. The first kappa shape index (κ1) is 18.1. The topological polar surface area (TPSA) is 16.1 Å². The average Bonchev–Trinajstić information content (AvgIpc) is 2.87. The van der Waals surface area contributed by atoms with Crippen molar-refractivity contribution in [2.24, 2.45) is 5.92 Å². The minimum atomic E-state index is 0. The molecule has 1 aromatic heterocycles. The van der Waals surface area contributed by atoms with Gasteiger partial charge in [0.15, 0.2) is 0 Å². The lowest BCUT2D eigenvalue weighted by Gasteiger charge is -2.43. The highest BCUT2D eigenvalue weighted by molar-refractivity contribution is 14.1. The first-order chi connectivity index (χ1) is 8.88. The van der Waals surface area contributed by atoms with Crippen LogP contribution in [-0.2, 0) is 12.8 Å². The van der Waals surface area contributed by atoms with Crippen molar-refractivity contribution in [1.82, 2.24) is 9.88 Å². The van der Waals surface area contributed by atoms with Crippen molar-refractivity contribution in [3.8, 4) is 0 Å². The number of piperidine rings is 1. The predicted molar refractivity (Wildman–Crippen MR) is 103 cm³/mol. The van der Waals surface area contributed by atoms with Crippen molar-refractivity contribution in [2.45, 2.75) is 45.1 Å². The van der Waals surface area contributed by atoms with Crippen LogP contribution in [0, 0.1) is 5.92 Å². The van der Waals surface area contributed by atoms with Gasteiger partial charge in [0.05, 0.1) is 11.2 Å². The van der Waals surface area contributed by atoms with Gasteiger partial charge >= 0.3 is 0 Å². The van der Waals surface area contributed by atoms with Gasteiger partial charge < -0.3 is 0 Å². The van der Waals surface area contributed by atoms with Crippen molar-refractivity contribution in [3.05, 3.63) is 16.1 Å². The summed E-state index contributed by atoms with van der Waals surface area (Å²) in [5.41, 5.74) is 3.44. The van der Waals surface area contributed by atoms with Crippen molar-refractivity contribution >= 4 is 57.9 Å². The maximum absolute atomic E-state index is 4.52. The lowest BCUT2D eigenvalue weighted by molar-refractivity contribution is 0.0857. The molecule has 0 amide bonds. The summed E-state index contributed by atoms with van der Waals surface area (Å²) < 4.78 is 0. The summed E-state index contributed by atoms with van der Waals surface area (Å²) in [5.74, 6) is 0.884. The normalized spacial score (nSPS) is 25.4. The van der Waals surface area contributed by atoms with E-state index in [-0.39, 0.29) is 24.0 Å². The third kappa shape index (κ3) is 4.26. The summed E-state index contributed by atoms with van der Waals surface area (Å²) in [7, 11) is 0. The average molecular weight is 506 g/mol. The largest absolute Gasteiger partial charge is 0.300 e. The van der Waals surface area contributed by atoms with E-state index in [4.69, 9.17) is 0 Å². The van der Waals surface area contributed by atoms with Crippen molar-refractivity contribution in [3.63, 3.8) is 0 Å². The Balaban J connectivity index is 0.000000576. The molecule has 2 heterocycles. The van der Waals surface area contributed by atoms with Crippen LogP contribution >= 0.6 is 57.9 Å². The fourth-order valence-corrected chi connectivity index (χ4v) is 4.22. The van der Waals surface area contributed by atoms with E-state index in [1.807, 2.05) is 21.8 Å². The van der Waals surface area contributed by atoms with E-state index in [2.05, 4.69) is 39.4 Å². The molecule has 0 N–H and O–H groups in total. The minimum absolute atomic E-state index is 0. The molecular weight excluding hydrogens is 482 g/mol. The lowest BCUT2D eigenvalue weighted by Crippen LogP contribution is -2.49. The fraction of sp³-hybridized carbons (Fsp3) is 0.786. The summed E-state index contributed by atoms with van der Waals surface area (Å²) in [4.78, 5) is 10.8. The zero-order valence-electron chi connectivity index (χ0n) is 11.8. The van der Waals surface area contributed by atoms with Crippen LogP contribution in [0.3, 0.4) is 0 Å². The first-order valence-electron chi connectivity index (χ1n) is 6.91. The summed E-state index contributed by atoms with van der Waals surface area (Å²) >= 11 is 4.01. The molecule has 2 atom stereocenters. The maximum Gasteiger partial charge on any atom is 0.0797 e. The number of fused-ring (bicyclic) bond motifs is 2. The van der Waals surface area contributed by atoms with Gasteiger partial charge in [-0.2, -0.15) is 0 Å².